The minimum Gasteiger partial charge on any atom is -0.455 e. The highest BCUT2D eigenvalue weighted by Crippen LogP contribution is 2.89. The molecule has 1 unspecified atom stereocenters. The lowest BCUT2D eigenvalue weighted by Gasteiger charge is -2.55. The van der Waals surface area contributed by atoms with Crippen molar-refractivity contribution in [2.24, 2.45) is 0 Å². The first-order chi connectivity index (χ1) is 27.5. The maximum atomic E-state index is 7.41. The maximum absolute atomic E-state index is 7.41. The van der Waals surface area contributed by atoms with Crippen LogP contribution in [0.25, 0.3) is 11.1 Å². The zero-order chi connectivity index (χ0) is 37.3. The number of anilines is 3. The van der Waals surface area contributed by atoms with Crippen molar-refractivity contribution in [1.29, 1.82) is 0 Å². The molecule has 0 N–H and O–H groups in total. The first kappa shape index (κ1) is 31.8. The van der Waals surface area contributed by atoms with Crippen LogP contribution in [0.3, 0.4) is 0 Å². The summed E-state index contributed by atoms with van der Waals surface area (Å²) in [5.41, 5.74) is 13.8. The van der Waals surface area contributed by atoms with Gasteiger partial charge in [-0.1, -0.05) is 121 Å². The molecule has 0 aromatic heterocycles. The van der Waals surface area contributed by atoms with Crippen LogP contribution < -0.4 is 14.4 Å². The number of ether oxygens (including phenoxy) is 2. The number of fused-ring (bicyclic) bond motifs is 4. The predicted molar refractivity (Wildman–Crippen MR) is 226 cm³/mol. The van der Waals surface area contributed by atoms with Gasteiger partial charge >= 0.3 is 0 Å². The Morgan fingerprint density at radius 2 is 1.00 bits per heavy atom. The molecule has 1 atom stereocenters. The van der Waals surface area contributed by atoms with Crippen molar-refractivity contribution in [3.8, 4) is 34.1 Å². The van der Waals surface area contributed by atoms with Crippen molar-refractivity contribution in [1.82, 2.24) is 0 Å². The van der Waals surface area contributed by atoms with Gasteiger partial charge in [0.2, 0.25) is 0 Å². The molecule has 4 heteroatoms. The van der Waals surface area contributed by atoms with E-state index in [4.69, 9.17) is 9.47 Å². The molecular weight excluding hydrogens is 703 g/mol. The van der Waals surface area contributed by atoms with E-state index in [2.05, 4.69) is 196 Å². The molecule has 3 nitrogen and oxygen atoms in total. The lowest BCUT2D eigenvalue weighted by atomic mass is 9.67. The minimum atomic E-state index is -2.16. The molecule has 3 heterocycles. The van der Waals surface area contributed by atoms with Crippen molar-refractivity contribution in [3.63, 3.8) is 0 Å². The topological polar surface area (TPSA) is 21.7 Å². The molecule has 0 saturated carbocycles. The number of benzene rings is 8. The summed E-state index contributed by atoms with van der Waals surface area (Å²) in [7, 11) is -2.16. The normalized spacial score (nSPS) is 18.1. The van der Waals surface area contributed by atoms with E-state index in [1.807, 2.05) is 0 Å². The summed E-state index contributed by atoms with van der Waals surface area (Å²) in [5, 5.41) is 0. The number of hydrogen-bond donors (Lipinski definition) is 0. The summed E-state index contributed by atoms with van der Waals surface area (Å²) in [6, 6.07) is 62.9. The maximum Gasteiger partial charge on any atom is 0.144 e. The average molecular weight is 740 g/mol. The Bertz CT molecular complexity index is 2900. The van der Waals surface area contributed by atoms with E-state index in [0.29, 0.717) is 0 Å². The van der Waals surface area contributed by atoms with E-state index < -0.39 is 15.4 Å². The fourth-order valence-electron chi connectivity index (χ4n) is 10.2. The van der Waals surface area contributed by atoms with Gasteiger partial charge in [-0.15, -0.1) is 10.0 Å². The van der Waals surface area contributed by atoms with E-state index in [-0.39, 0.29) is 0 Å². The monoisotopic (exact) mass is 739 g/mol. The Labute approximate surface area is 328 Å². The summed E-state index contributed by atoms with van der Waals surface area (Å²) in [6.07, 6.45) is 0. The molecule has 8 aromatic carbocycles. The highest BCUT2D eigenvalue weighted by Gasteiger charge is 2.57. The summed E-state index contributed by atoms with van der Waals surface area (Å²) in [4.78, 5) is 7.42. The summed E-state index contributed by atoms with van der Waals surface area (Å²) >= 11 is 0. The number of nitrogens with zero attached hydrogens (tertiary/aromatic N) is 1. The van der Waals surface area contributed by atoms with Gasteiger partial charge in [-0.3, -0.25) is 0 Å². The smallest absolute Gasteiger partial charge is 0.144 e. The van der Waals surface area contributed by atoms with E-state index in [0.717, 1.165) is 50.4 Å². The largest absolute Gasteiger partial charge is 0.455 e. The predicted octanol–water partition coefficient (Wildman–Crippen LogP) is 14.3. The average Bonchev–Trinajstić information content (AvgIpc) is 3.52. The van der Waals surface area contributed by atoms with Gasteiger partial charge in [-0.2, -0.15) is 0 Å². The molecule has 0 fully saturated rings. The highest BCUT2D eigenvalue weighted by molar-refractivity contribution is 8.34. The molecule has 0 spiro atoms. The van der Waals surface area contributed by atoms with Gasteiger partial charge in [0.15, 0.2) is 0 Å². The summed E-state index contributed by atoms with van der Waals surface area (Å²) in [5.74, 6) is 3.58. The van der Waals surface area contributed by atoms with Crippen LogP contribution >= 0.6 is 10.0 Å². The lowest BCUT2D eigenvalue weighted by molar-refractivity contribution is 0.412. The Balaban J connectivity index is 1.35. The van der Waals surface area contributed by atoms with E-state index in [1.54, 1.807) is 0 Å². The van der Waals surface area contributed by atoms with Crippen LogP contribution in [-0.2, 0) is 5.41 Å². The van der Waals surface area contributed by atoms with Crippen LogP contribution in [-0.4, -0.2) is 0 Å². The quantitative estimate of drug-likeness (QED) is 0.179. The van der Waals surface area contributed by atoms with Crippen molar-refractivity contribution in [2.75, 3.05) is 4.90 Å². The zero-order valence-electron chi connectivity index (χ0n) is 31.3. The summed E-state index contributed by atoms with van der Waals surface area (Å²) < 4.78 is 14.5. The molecule has 0 saturated heterocycles. The minimum absolute atomic E-state index is 0.608. The molecule has 8 aromatic rings. The molecule has 56 heavy (non-hydrogen) atoms. The van der Waals surface area contributed by atoms with Gasteiger partial charge in [0.05, 0.1) is 31.5 Å². The van der Waals surface area contributed by atoms with Crippen molar-refractivity contribution >= 4 is 27.1 Å². The lowest BCUT2D eigenvalue weighted by Crippen LogP contribution is -2.30. The molecule has 0 bridgehead atoms. The van der Waals surface area contributed by atoms with Gasteiger partial charge in [-0.25, -0.2) is 0 Å². The SMILES string of the molecule is Cc1ccc(N2c3cc(C)cc4c3S3(c5ccccc5)c5c(cc(C)cc5Oc5cc6c(c2c53)-c2ccccc2C6(c2ccccc2)c2ccccc2)O4)cc1. The Morgan fingerprint density at radius 3 is 1.64 bits per heavy atom. The molecule has 268 valence electrons. The second-order valence-electron chi connectivity index (χ2n) is 15.5. The Hall–Kier alpha value is -6.49. The molecule has 3 aliphatic heterocycles. The van der Waals surface area contributed by atoms with Crippen LogP contribution in [0.1, 0.15) is 38.9 Å². The third-order valence-corrected chi connectivity index (χ3v) is 16.2. The van der Waals surface area contributed by atoms with Crippen molar-refractivity contribution < 1.29 is 9.47 Å². The fourth-order valence-corrected chi connectivity index (χ4v) is 14.6. The van der Waals surface area contributed by atoms with E-state index >= 15 is 0 Å². The first-order valence-corrected chi connectivity index (χ1v) is 21.0. The van der Waals surface area contributed by atoms with E-state index in [1.165, 1.54) is 59.3 Å². The molecule has 0 radical (unpaired) electrons. The second kappa shape index (κ2) is 11.3. The molecule has 12 rings (SSSR count). The first-order valence-electron chi connectivity index (χ1n) is 19.3. The van der Waals surface area contributed by atoms with Gasteiger partial charge < -0.3 is 14.4 Å². The van der Waals surface area contributed by atoms with Crippen LogP contribution in [0, 0.1) is 20.8 Å². The second-order valence-corrected chi connectivity index (χ2v) is 18.4. The molecule has 4 aliphatic rings. The Kier molecular flexibility index (Phi) is 6.41. The Morgan fingerprint density at radius 1 is 0.464 bits per heavy atom. The van der Waals surface area contributed by atoms with Gasteiger partial charge in [0.25, 0.3) is 0 Å². The van der Waals surface area contributed by atoms with Crippen LogP contribution in [0.5, 0.6) is 23.0 Å². The van der Waals surface area contributed by atoms with Crippen molar-refractivity contribution in [3.05, 3.63) is 209 Å². The third kappa shape index (κ3) is 3.89. The highest BCUT2D eigenvalue weighted by atomic mass is 32.3. The zero-order valence-corrected chi connectivity index (χ0v) is 32.2. The number of hydrogen-bond acceptors (Lipinski definition) is 3. The van der Waals surface area contributed by atoms with Gasteiger partial charge in [-0.05, 0) is 114 Å². The van der Waals surface area contributed by atoms with Crippen molar-refractivity contribution in [2.45, 2.75) is 45.8 Å². The number of aryl methyl sites for hydroxylation is 3. The van der Waals surface area contributed by atoms with Gasteiger partial charge in [0, 0.05) is 16.1 Å². The van der Waals surface area contributed by atoms with Crippen LogP contribution in [0.2, 0.25) is 0 Å². The summed E-state index contributed by atoms with van der Waals surface area (Å²) in [6.45, 7) is 6.50. The molecule has 1 aliphatic carbocycles. The standard InChI is InChI=1S/C52H37NO2S/c1-32-23-25-37(26-24-32)53-42-27-33(2)28-43-49(42)56(38-19-11-6-12-20-38)50-44(54-43)29-34(3)30-45(50)55-46-31-41-47(48(53)51(46)56)39-21-13-14-22-40(39)52(41,35-15-7-4-8-16-35)36-17-9-5-10-18-36/h4-31H,1-3H3. The van der Waals surface area contributed by atoms with Crippen LogP contribution in [0.15, 0.2) is 189 Å². The number of rotatable bonds is 4. The third-order valence-electron chi connectivity index (χ3n) is 12.2. The fraction of sp³-hybridized carbons (Fsp3) is 0.0769. The molecule has 0 amide bonds. The van der Waals surface area contributed by atoms with E-state index in [9.17, 15) is 0 Å². The van der Waals surface area contributed by atoms with Crippen LogP contribution in [0.4, 0.5) is 17.1 Å². The van der Waals surface area contributed by atoms with Gasteiger partial charge in [0.1, 0.15) is 23.0 Å². The molecular formula is C52H37NO2S.